The van der Waals surface area contributed by atoms with Crippen molar-refractivity contribution in [3.63, 3.8) is 0 Å². The van der Waals surface area contributed by atoms with E-state index in [1.54, 1.807) is 6.07 Å². The summed E-state index contributed by atoms with van der Waals surface area (Å²) in [5.41, 5.74) is 0.414. The molecule has 3 heterocycles. The van der Waals surface area contributed by atoms with E-state index in [4.69, 9.17) is 4.98 Å². The summed E-state index contributed by atoms with van der Waals surface area (Å²) in [5.74, 6) is 1.23. The summed E-state index contributed by atoms with van der Waals surface area (Å²) < 4.78 is 41.6. The van der Waals surface area contributed by atoms with Crippen molar-refractivity contribution in [2.75, 3.05) is 41.3 Å². The van der Waals surface area contributed by atoms with Gasteiger partial charge in [-0.3, -0.25) is 0 Å². The van der Waals surface area contributed by atoms with E-state index in [-0.39, 0.29) is 36.1 Å². The number of nitrogens with zero attached hydrogens (tertiary/aromatic N) is 5. The number of halogens is 3. The minimum atomic E-state index is -4.74. The maximum atomic E-state index is 12.5. The molecule has 2 aromatic rings. The molecule has 2 fully saturated rings. The first-order valence-electron chi connectivity index (χ1n) is 10.4. The molecule has 11 nitrogen and oxygen atoms in total. The lowest BCUT2D eigenvalue weighted by molar-refractivity contribution is -0.274. The topological polar surface area (TPSA) is 206 Å². The van der Waals surface area contributed by atoms with Crippen molar-refractivity contribution in [1.82, 2.24) is 39.6 Å². The molecule has 0 saturated carbocycles. The third-order valence-electron chi connectivity index (χ3n) is 5.21. The molecule has 0 atom stereocenters. The fourth-order valence-electron chi connectivity index (χ4n) is 3.78. The number of nitrogens with one attached hydrogen (secondary N) is 1. The molecule has 0 spiro atoms. The summed E-state index contributed by atoms with van der Waals surface area (Å²) in [6, 6.07) is 5.67. The molecule has 0 aliphatic carbocycles. The SMILES string of the molecule is FC(F)(F)Oc1cccc(Nc2nc(N3CCCCC3)nc(N3CCCCC3)n2)c1.N.N.N.N.[HH].[HH].[HH].[HH]. The van der Waals surface area contributed by atoms with Crippen LogP contribution >= 0.6 is 0 Å². The summed E-state index contributed by atoms with van der Waals surface area (Å²) >= 11 is 0. The first kappa shape index (κ1) is 31.1. The van der Waals surface area contributed by atoms with Crippen LogP contribution in [0.2, 0.25) is 0 Å². The number of piperidine rings is 2. The zero-order valence-electron chi connectivity index (χ0n) is 19.5. The van der Waals surface area contributed by atoms with Gasteiger partial charge in [0.2, 0.25) is 17.8 Å². The minimum absolute atomic E-state index is 0. The fraction of sp³-hybridized carbons (Fsp3) is 0.550. The second-order valence-corrected chi connectivity index (χ2v) is 7.56. The van der Waals surface area contributed by atoms with Crippen LogP contribution in [0.25, 0.3) is 0 Å². The van der Waals surface area contributed by atoms with Gasteiger partial charge in [-0.05, 0) is 50.7 Å². The van der Waals surface area contributed by atoms with Gasteiger partial charge in [0.15, 0.2) is 0 Å². The van der Waals surface area contributed by atoms with Gasteiger partial charge in [0.25, 0.3) is 0 Å². The van der Waals surface area contributed by atoms with E-state index >= 15 is 0 Å². The minimum Gasteiger partial charge on any atom is -0.406 e. The van der Waals surface area contributed by atoms with E-state index < -0.39 is 6.36 Å². The van der Waals surface area contributed by atoms with Crippen LogP contribution in [0, 0.1) is 0 Å². The van der Waals surface area contributed by atoms with E-state index in [2.05, 4.69) is 29.8 Å². The second kappa shape index (κ2) is 13.7. The molecule has 14 heteroatoms. The lowest BCUT2D eigenvalue weighted by atomic mass is 10.1. The number of aromatic nitrogens is 3. The highest BCUT2D eigenvalue weighted by atomic mass is 19.4. The smallest absolute Gasteiger partial charge is 0.406 e. The van der Waals surface area contributed by atoms with Crippen molar-refractivity contribution in [1.29, 1.82) is 0 Å². The van der Waals surface area contributed by atoms with Gasteiger partial charge >= 0.3 is 6.36 Å². The van der Waals surface area contributed by atoms with E-state index in [1.807, 2.05) is 0 Å². The molecular formula is C20H45F3N10O. The molecule has 0 radical (unpaired) electrons. The highest BCUT2D eigenvalue weighted by molar-refractivity contribution is 5.58. The Hall–Kier alpha value is -2.94. The van der Waals surface area contributed by atoms with Gasteiger partial charge < -0.3 is 44.5 Å². The third-order valence-corrected chi connectivity index (χ3v) is 5.21. The number of hydrogen-bond acceptors (Lipinski definition) is 11. The van der Waals surface area contributed by atoms with Crippen LogP contribution in [-0.2, 0) is 0 Å². The Morgan fingerprint density at radius 3 is 1.74 bits per heavy atom. The van der Waals surface area contributed by atoms with E-state index in [0.29, 0.717) is 23.5 Å². The number of rotatable bonds is 5. The highest BCUT2D eigenvalue weighted by Gasteiger charge is 2.31. The van der Waals surface area contributed by atoms with Gasteiger partial charge in [-0.25, -0.2) is 0 Å². The number of hydrogen-bond donors (Lipinski definition) is 5. The first-order valence-corrected chi connectivity index (χ1v) is 10.4. The Bertz CT molecular complexity index is 841. The van der Waals surface area contributed by atoms with Crippen LogP contribution in [-0.4, -0.2) is 47.5 Å². The normalized spacial score (nSPS) is 15.6. The molecule has 2 aliphatic heterocycles. The zero-order valence-corrected chi connectivity index (χ0v) is 19.5. The van der Waals surface area contributed by atoms with Crippen molar-refractivity contribution in [3.05, 3.63) is 24.3 Å². The Kier molecular flexibility index (Phi) is 12.5. The quantitative estimate of drug-likeness (QED) is 0.317. The molecular weight excluding hydrogens is 453 g/mol. The van der Waals surface area contributed by atoms with Crippen molar-refractivity contribution in [2.45, 2.75) is 44.9 Å². The van der Waals surface area contributed by atoms with E-state index in [0.717, 1.165) is 51.9 Å². The summed E-state index contributed by atoms with van der Waals surface area (Å²) in [4.78, 5) is 18.1. The van der Waals surface area contributed by atoms with Crippen molar-refractivity contribution in [2.24, 2.45) is 0 Å². The number of benzene rings is 1. The van der Waals surface area contributed by atoms with Gasteiger partial charge in [0.05, 0.1) is 0 Å². The van der Waals surface area contributed by atoms with Crippen LogP contribution in [0.4, 0.5) is 36.7 Å². The van der Waals surface area contributed by atoms with Crippen molar-refractivity contribution < 1.29 is 23.6 Å². The maximum absolute atomic E-state index is 12.5. The van der Waals surface area contributed by atoms with Crippen molar-refractivity contribution in [3.8, 4) is 5.75 Å². The van der Waals surface area contributed by atoms with Crippen LogP contribution in [0.5, 0.6) is 5.75 Å². The van der Waals surface area contributed by atoms with Crippen LogP contribution in [0.1, 0.15) is 44.2 Å². The summed E-state index contributed by atoms with van der Waals surface area (Å²) in [7, 11) is 0. The van der Waals surface area contributed by atoms with E-state index in [9.17, 15) is 13.2 Å². The highest BCUT2D eigenvalue weighted by Crippen LogP contribution is 2.28. The maximum Gasteiger partial charge on any atom is 0.573 e. The molecule has 2 saturated heterocycles. The Balaban J connectivity index is -0.000000454. The van der Waals surface area contributed by atoms with Gasteiger partial charge in [-0.15, -0.1) is 13.2 Å². The Morgan fingerprint density at radius 2 is 1.26 bits per heavy atom. The zero-order chi connectivity index (χ0) is 21.0. The number of alkyl halides is 3. The van der Waals surface area contributed by atoms with Gasteiger partial charge in [-0.1, -0.05) is 6.07 Å². The standard InChI is InChI=1S/C20H25F3N6O.4H3N.4H2/c21-20(22,23)30-16-9-7-8-15(14-16)24-17-25-18(28-10-3-1-4-11-28)27-19(26-17)29-12-5-2-6-13-29;;;;;;;;/h7-9,14H,1-6,10-13H2,(H,24,25,26,27);4*1H3;4*1H. The molecule has 0 amide bonds. The van der Waals surface area contributed by atoms with Crippen molar-refractivity contribution >= 4 is 23.5 Å². The molecule has 34 heavy (non-hydrogen) atoms. The molecule has 2 aliphatic rings. The molecule has 0 unspecified atom stereocenters. The predicted molar refractivity (Wildman–Crippen MR) is 137 cm³/mol. The summed E-state index contributed by atoms with van der Waals surface area (Å²) in [6.07, 6.45) is 1.99. The molecule has 4 rings (SSSR count). The number of anilines is 4. The van der Waals surface area contributed by atoms with Crippen LogP contribution in [0.3, 0.4) is 0 Å². The molecule has 1 aromatic heterocycles. The Morgan fingerprint density at radius 1 is 0.765 bits per heavy atom. The average molecular weight is 499 g/mol. The van der Waals surface area contributed by atoms with Crippen LogP contribution < -0.4 is 44.5 Å². The third kappa shape index (κ3) is 8.44. The fourth-order valence-corrected chi connectivity index (χ4v) is 3.78. The lowest BCUT2D eigenvalue weighted by Crippen LogP contribution is -2.34. The average Bonchev–Trinajstić information content (AvgIpc) is 2.74. The molecule has 13 N–H and O–H groups in total. The summed E-state index contributed by atoms with van der Waals surface area (Å²) in [6.45, 7) is 3.55. The summed E-state index contributed by atoms with van der Waals surface area (Å²) in [5, 5.41) is 3.03. The monoisotopic (exact) mass is 498 g/mol. The lowest BCUT2D eigenvalue weighted by Gasteiger charge is -2.30. The van der Waals surface area contributed by atoms with Gasteiger partial charge in [-0.2, -0.15) is 15.0 Å². The van der Waals surface area contributed by atoms with Crippen LogP contribution in [0.15, 0.2) is 24.3 Å². The number of ether oxygens (including phenoxy) is 1. The molecule has 202 valence electrons. The largest absolute Gasteiger partial charge is 0.573 e. The first-order chi connectivity index (χ1) is 14.5. The second-order valence-electron chi connectivity index (χ2n) is 7.56. The molecule has 0 bridgehead atoms. The van der Waals surface area contributed by atoms with Gasteiger partial charge in [0, 0.05) is 43.6 Å². The van der Waals surface area contributed by atoms with Gasteiger partial charge in [0.1, 0.15) is 5.75 Å². The Labute approximate surface area is 203 Å². The van der Waals surface area contributed by atoms with E-state index in [1.165, 1.54) is 31.0 Å². The molecule has 1 aromatic carbocycles. The predicted octanol–water partition coefficient (Wildman–Crippen LogP) is 6.13.